The minimum absolute atomic E-state index is 0.101. The second kappa shape index (κ2) is 12.8. The van der Waals surface area contributed by atoms with Crippen molar-refractivity contribution in [3.63, 3.8) is 0 Å². The molecule has 2 rings (SSSR count). The monoisotopic (exact) mass is 469 g/mol. The van der Waals surface area contributed by atoms with Crippen LogP contribution in [0.5, 0.6) is 0 Å². The van der Waals surface area contributed by atoms with E-state index in [1.807, 2.05) is 12.1 Å². The van der Waals surface area contributed by atoms with Gasteiger partial charge in [-0.2, -0.15) is 0 Å². The minimum Gasteiger partial charge on any atom is -0.463 e. The van der Waals surface area contributed by atoms with Gasteiger partial charge in [0, 0.05) is 19.2 Å². The van der Waals surface area contributed by atoms with Gasteiger partial charge in [-0.25, -0.2) is 14.0 Å². The summed E-state index contributed by atoms with van der Waals surface area (Å²) in [4.78, 5) is 26.8. The second-order valence-electron chi connectivity index (χ2n) is 9.12. The third-order valence-electron chi connectivity index (χ3n) is 4.85. The molecule has 7 heteroatoms. The lowest BCUT2D eigenvalue weighted by molar-refractivity contribution is -0.137. The highest BCUT2D eigenvalue weighted by atomic mass is 19.1. The maximum Gasteiger partial charge on any atom is 0.330 e. The van der Waals surface area contributed by atoms with Crippen LogP contribution >= 0.6 is 0 Å². The molecule has 2 amide bonds. The number of rotatable bonds is 10. The van der Waals surface area contributed by atoms with E-state index < -0.39 is 17.8 Å². The number of hydrogen-bond donors (Lipinski definition) is 2. The molecule has 0 saturated carbocycles. The lowest BCUT2D eigenvalue weighted by Gasteiger charge is -2.30. The fraction of sp³-hybridized carbons (Fsp3) is 0.407. The summed E-state index contributed by atoms with van der Waals surface area (Å²) in [5, 5.41) is 5.46. The molecule has 0 aliphatic rings. The first kappa shape index (κ1) is 26.9. The number of esters is 1. The van der Waals surface area contributed by atoms with Crippen LogP contribution in [-0.2, 0) is 9.53 Å². The molecule has 2 aromatic rings. The summed E-state index contributed by atoms with van der Waals surface area (Å²) in [6.45, 7) is 14.0. The van der Waals surface area contributed by atoms with Gasteiger partial charge in [0.15, 0.2) is 0 Å². The van der Waals surface area contributed by atoms with Gasteiger partial charge in [0.1, 0.15) is 5.82 Å². The van der Waals surface area contributed by atoms with E-state index in [1.165, 1.54) is 18.2 Å². The molecule has 0 bridgehead atoms. The van der Waals surface area contributed by atoms with Crippen LogP contribution in [0.3, 0.4) is 0 Å². The Morgan fingerprint density at radius 1 is 1.00 bits per heavy atom. The zero-order chi connectivity index (χ0) is 25.3. The first-order valence-electron chi connectivity index (χ1n) is 11.7. The molecule has 0 saturated heterocycles. The molecule has 0 unspecified atom stereocenters. The number of carbonyl (C=O) groups excluding carboxylic acids is 2. The van der Waals surface area contributed by atoms with Crippen LogP contribution < -0.4 is 15.5 Å². The Labute approximate surface area is 202 Å². The molecule has 0 aromatic heterocycles. The van der Waals surface area contributed by atoms with Crippen LogP contribution in [0, 0.1) is 24.6 Å². The third-order valence-corrected chi connectivity index (χ3v) is 4.85. The predicted octanol–water partition coefficient (Wildman–Crippen LogP) is 6.47. The number of benzene rings is 2. The molecular formula is C27H36FN3O3. The van der Waals surface area contributed by atoms with Crippen molar-refractivity contribution in [3.8, 4) is 0 Å². The SMILES string of the molecule is CCOC(=O)/C=C/c1ccc(N(CC(C)C)CC(C)C)c(NC(=O)Nc2ccc(C)cc2F)c1. The summed E-state index contributed by atoms with van der Waals surface area (Å²) < 4.78 is 19.2. The van der Waals surface area contributed by atoms with Gasteiger partial charge in [-0.15, -0.1) is 0 Å². The van der Waals surface area contributed by atoms with E-state index in [4.69, 9.17) is 4.74 Å². The Kier molecular flexibility index (Phi) is 10.1. The van der Waals surface area contributed by atoms with Crippen molar-refractivity contribution in [2.45, 2.75) is 41.5 Å². The highest BCUT2D eigenvalue weighted by molar-refractivity contribution is 6.02. The van der Waals surface area contributed by atoms with Crippen LogP contribution in [0.4, 0.5) is 26.2 Å². The maximum absolute atomic E-state index is 14.2. The molecular weight excluding hydrogens is 433 g/mol. The van der Waals surface area contributed by atoms with E-state index in [0.717, 1.165) is 29.9 Å². The molecule has 184 valence electrons. The van der Waals surface area contributed by atoms with Crippen molar-refractivity contribution in [1.82, 2.24) is 0 Å². The quantitative estimate of drug-likeness (QED) is 0.309. The second-order valence-corrected chi connectivity index (χ2v) is 9.12. The lowest BCUT2D eigenvalue weighted by Crippen LogP contribution is -2.32. The van der Waals surface area contributed by atoms with Crippen LogP contribution in [-0.4, -0.2) is 31.7 Å². The molecule has 0 fully saturated rings. The Balaban J connectivity index is 2.38. The number of ether oxygens (including phenoxy) is 1. The first-order chi connectivity index (χ1) is 16.1. The molecule has 0 spiro atoms. The highest BCUT2D eigenvalue weighted by Gasteiger charge is 2.17. The fourth-order valence-electron chi connectivity index (χ4n) is 3.54. The van der Waals surface area contributed by atoms with E-state index in [-0.39, 0.29) is 5.69 Å². The summed E-state index contributed by atoms with van der Waals surface area (Å²) in [6.07, 6.45) is 2.99. The van der Waals surface area contributed by atoms with Gasteiger partial charge in [-0.1, -0.05) is 39.8 Å². The maximum atomic E-state index is 14.2. The van der Waals surface area contributed by atoms with Crippen molar-refractivity contribution >= 4 is 35.1 Å². The van der Waals surface area contributed by atoms with Crippen molar-refractivity contribution in [1.29, 1.82) is 0 Å². The van der Waals surface area contributed by atoms with Crippen LogP contribution in [0.1, 0.15) is 45.7 Å². The largest absolute Gasteiger partial charge is 0.463 e. The Hall–Kier alpha value is -3.35. The van der Waals surface area contributed by atoms with Gasteiger partial charge in [-0.3, -0.25) is 0 Å². The van der Waals surface area contributed by atoms with Gasteiger partial charge in [0.2, 0.25) is 0 Å². The zero-order valence-electron chi connectivity index (χ0n) is 20.9. The van der Waals surface area contributed by atoms with Gasteiger partial charge in [0.05, 0.1) is 23.7 Å². The molecule has 0 aliphatic carbocycles. The number of amides is 2. The Morgan fingerprint density at radius 3 is 2.24 bits per heavy atom. The van der Waals surface area contributed by atoms with E-state index in [0.29, 0.717) is 24.1 Å². The van der Waals surface area contributed by atoms with Crippen molar-refractivity contribution in [2.75, 3.05) is 35.2 Å². The van der Waals surface area contributed by atoms with Gasteiger partial charge < -0.3 is 20.3 Å². The van der Waals surface area contributed by atoms with E-state index in [9.17, 15) is 14.0 Å². The third kappa shape index (κ3) is 8.54. The van der Waals surface area contributed by atoms with Crippen molar-refractivity contribution < 1.29 is 18.7 Å². The van der Waals surface area contributed by atoms with Crippen LogP contribution in [0.25, 0.3) is 6.08 Å². The van der Waals surface area contributed by atoms with E-state index in [1.54, 1.807) is 32.1 Å². The standard InChI is InChI=1S/C27H36FN3O3/c1-7-34-26(32)13-10-21-9-12-25(31(16-18(2)3)17-19(4)5)24(15-21)30-27(33)29-23-11-8-20(6)14-22(23)28/h8-15,18-19H,7,16-17H2,1-6H3,(H2,29,30,33)/b13-10+. The Bertz CT molecular complexity index is 1010. The summed E-state index contributed by atoms with van der Waals surface area (Å²) in [6, 6.07) is 9.70. The summed E-state index contributed by atoms with van der Waals surface area (Å²) >= 11 is 0. The highest BCUT2D eigenvalue weighted by Crippen LogP contribution is 2.30. The molecule has 0 heterocycles. The smallest absolute Gasteiger partial charge is 0.330 e. The van der Waals surface area contributed by atoms with E-state index >= 15 is 0 Å². The normalized spacial score (nSPS) is 11.2. The summed E-state index contributed by atoms with van der Waals surface area (Å²) in [5.74, 6) is -0.117. The average molecular weight is 470 g/mol. The number of nitrogens with one attached hydrogen (secondary N) is 2. The number of urea groups is 1. The lowest BCUT2D eigenvalue weighted by atomic mass is 10.1. The number of hydrogen-bond acceptors (Lipinski definition) is 4. The minimum atomic E-state index is -0.551. The predicted molar refractivity (Wildman–Crippen MR) is 138 cm³/mol. The van der Waals surface area contributed by atoms with Gasteiger partial charge in [-0.05, 0) is 67.2 Å². The number of anilines is 3. The van der Waals surface area contributed by atoms with Gasteiger partial charge >= 0.3 is 12.0 Å². The van der Waals surface area contributed by atoms with Gasteiger partial charge in [0.25, 0.3) is 0 Å². The zero-order valence-corrected chi connectivity index (χ0v) is 20.9. The molecule has 34 heavy (non-hydrogen) atoms. The fourth-order valence-corrected chi connectivity index (χ4v) is 3.54. The summed E-state index contributed by atoms with van der Waals surface area (Å²) in [5.41, 5.74) is 3.02. The average Bonchev–Trinajstić information content (AvgIpc) is 2.73. The number of carbonyl (C=O) groups is 2. The summed E-state index contributed by atoms with van der Waals surface area (Å²) in [7, 11) is 0. The van der Waals surface area contributed by atoms with Crippen molar-refractivity contribution in [3.05, 3.63) is 59.4 Å². The number of aryl methyl sites for hydroxylation is 1. The molecule has 2 aromatic carbocycles. The number of nitrogens with zero attached hydrogens (tertiary/aromatic N) is 1. The topological polar surface area (TPSA) is 70.7 Å². The molecule has 0 aliphatic heterocycles. The number of halogens is 1. The molecule has 0 radical (unpaired) electrons. The molecule has 6 nitrogen and oxygen atoms in total. The molecule has 0 atom stereocenters. The van der Waals surface area contributed by atoms with Crippen LogP contribution in [0.15, 0.2) is 42.5 Å². The van der Waals surface area contributed by atoms with Crippen LogP contribution in [0.2, 0.25) is 0 Å². The van der Waals surface area contributed by atoms with Crippen molar-refractivity contribution in [2.24, 2.45) is 11.8 Å². The Morgan fingerprint density at radius 2 is 1.65 bits per heavy atom. The molecule has 2 N–H and O–H groups in total. The van der Waals surface area contributed by atoms with E-state index in [2.05, 4.69) is 43.2 Å². The first-order valence-corrected chi connectivity index (χ1v) is 11.7.